The van der Waals surface area contributed by atoms with Crippen LogP contribution in [0.2, 0.25) is 5.02 Å². The molecular weight excluding hydrogens is 361 g/mol. The van der Waals surface area contributed by atoms with Gasteiger partial charge in [0, 0.05) is 23.3 Å². The number of fused-ring (bicyclic) bond motifs is 1. The van der Waals surface area contributed by atoms with E-state index in [1.807, 2.05) is 0 Å². The Morgan fingerprint density at radius 1 is 1.23 bits per heavy atom. The second-order valence-electron chi connectivity index (χ2n) is 6.38. The highest BCUT2D eigenvalue weighted by molar-refractivity contribution is 6.31. The van der Waals surface area contributed by atoms with Crippen LogP contribution in [0.4, 0.5) is 10.2 Å². The molecule has 1 aliphatic carbocycles. The minimum atomic E-state index is -0.974. The molecule has 0 unspecified atom stereocenters. The van der Waals surface area contributed by atoms with Crippen LogP contribution in [0.15, 0.2) is 24.7 Å². The van der Waals surface area contributed by atoms with Gasteiger partial charge in [0.05, 0.1) is 29.5 Å². The summed E-state index contributed by atoms with van der Waals surface area (Å²) < 4.78 is 14.2. The lowest BCUT2D eigenvalue weighted by Crippen LogP contribution is -2.45. The van der Waals surface area contributed by atoms with Crippen LogP contribution in [0, 0.1) is 5.82 Å². The van der Waals surface area contributed by atoms with Crippen LogP contribution in [0.5, 0.6) is 0 Å². The van der Waals surface area contributed by atoms with Gasteiger partial charge >= 0.3 is 0 Å². The van der Waals surface area contributed by atoms with Crippen molar-refractivity contribution in [3.05, 3.63) is 35.5 Å². The number of H-pyrrole nitrogens is 1. The van der Waals surface area contributed by atoms with E-state index < -0.39 is 24.1 Å². The predicted molar refractivity (Wildman–Crippen MR) is 95.4 cm³/mol. The molecule has 1 saturated carbocycles. The predicted octanol–water partition coefficient (Wildman–Crippen LogP) is 2.50. The van der Waals surface area contributed by atoms with E-state index in [0.717, 1.165) is 18.0 Å². The Bertz CT molecular complexity index is 950. The summed E-state index contributed by atoms with van der Waals surface area (Å²) >= 11 is 6.01. The first-order valence-corrected chi connectivity index (χ1v) is 8.69. The first-order valence-electron chi connectivity index (χ1n) is 8.31. The van der Waals surface area contributed by atoms with Gasteiger partial charge in [-0.1, -0.05) is 11.6 Å². The molecule has 3 heterocycles. The van der Waals surface area contributed by atoms with E-state index in [-0.39, 0.29) is 5.82 Å². The molecule has 0 saturated heterocycles. The van der Waals surface area contributed by atoms with Gasteiger partial charge in [0.1, 0.15) is 5.65 Å². The Balaban J connectivity index is 1.68. The van der Waals surface area contributed by atoms with E-state index in [0.29, 0.717) is 34.9 Å². The van der Waals surface area contributed by atoms with Gasteiger partial charge in [-0.3, -0.25) is 0 Å². The van der Waals surface area contributed by atoms with Crippen molar-refractivity contribution >= 4 is 28.5 Å². The summed E-state index contributed by atoms with van der Waals surface area (Å²) in [6.07, 6.45) is 4.37. The van der Waals surface area contributed by atoms with Crippen LogP contribution in [-0.2, 0) is 0 Å². The second-order valence-corrected chi connectivity index (χ2v) is 6.82. The summed E-state index contributed by atoms with van der Waals surface area (Å²) in [6.45, 7) is 0. The van der Waals surface area contributed by atoms with Crippen LogP contribution in [0.3, 0.4) is 0 Å². The summed E-state index contributed by atoms with van der Waals surface area (Å²) in [5.41, 5.74) is 1.26. The van der Waals surface area contributed by atoms with Gasteiger partial charge < -0.3 is 20.5 Å². The molecule has 1 fully saturated rings. The van der Waals surface area contributed by atoms with E-state index in [1.54, 1.807) is 12.3 Å². The van der Waals surface area contributed by atoms with Crippen LogP contribution >= 0.6 is 11.6 Å². The zero-order valence-electron chi connectivity index (χ0n) is 13.7. The van der Waals surface area contributed by atoms with Gasteiger partial charge in [0.15, 0.2) is 17.5 Å². The van der Waals surface area contributed by atoms with Crippen molar-refractivity contribution < 1.29 is 14.6 Å². The largest absolute Gasteiger partial charge is 0.390 e. The molecule has 4 N–H and O–H groups in total. The maximum Gasteiger partial charge on any atom is 0.183 e. The van der Waals surface area contributed by atoms with Crippen molar-refractivity contribution in [2.75, 3.05) is 5.32 Å². The van der Waals surface area contributed by atoms with E-state index in [2.05, 4.69) is 25.3 Å². The monoisotopic (exact) mass is 377 g/mol. The average molecular weight is 378 g/mol. The van der Waals surface area contributed by atoms with Gasteiger partial charge in [0.25, 0.3) is 0 Å². The normalized spacial score (nSPS) is 23.3. The van der Waals surface area contributed by atoms with Crippen molar-refractivity contribution in [3.63, 3.8) is 0 Å². The van der Waals surface area contributed by atoms with Gasteiger partial charge in [-0.15, -0.1) is 0 Å². The Morgan fingerprint density at radius 3 is 2.92 bits per heavy atom. The number of aliphatic hydroxyl groups is 2. The number of nitrogens with one attached hydrogen (secondary N) is 2. The zero-order valence-corrected chi connectivity index (χ0v) is 14.4. The van der Waals surface area contributed by atoms with Crippen molar-refractivity contribution in [2.24, 2.45) is 0 Å². The van der Waals surface area contributed by atoms with Gasteiger partial charge in [-0.05, 0) is 25.3 Å². The Labute approximate surface area is 153 Å². The van der Waals surface area contributed by atoms with Crippen molar-refractivity contribution in [3.8, 4) is 11.4 Å². The minimum absolute atomic E-state index is 0.0162. The lowest BCUT2D eigenvalue weighted by atomic mass is 9.90. The topological polar surface area (TPSA) is 107 Å². The standard InChI is InChI=1S/C17H17ClFN5O2/c18-8-4-9-10(6-21-15(9)20-5-8)16-22-7-11(19)17(24-16)23-12-2-1-3-13(25)14(12)26/h4-7,12-14,25-26H,1-3H2,(H,20,21)(H,22,23,24)/t12-,13+,14+/m1/s1. The maximum atomic E-state index is 14.2. The SMILES string of the molecule is O[C@@H]1[C@@H](O)CCC[C@H]1Nc1nc(-c2c[nH]c3ncc(Cl)cc23)ncc1F. The average Bonchev–Trinajstić information content (AvgIpc) is 3.04. The van der Waals surface area contributed by atoms with Crippen LogP contribution < -0.4 is 5.32 Å². The highest BCUT2D eigenvalue weighted by atomic mass is 35.5. The highest BCUT2D eigenvalue weighted by Gasteiger charge is 2.31. The first kappa shape index (κ1) is 17.1. The summed E-state index contributed by atoms with van der Waals surface area (Å²) in [7, 11) is 0. The number of aromatic nitrogens is 4. The summed E-state index contributed by atoms with van der Waals surface area (Å²) in [5, 5.41) is 24.0. The lowest BCUT2D eigenvalue weighted by Gasteiger charge is -2.32. The number of pyridine rings is 1. The Morgan fingerprint density at radius 2 is 2.08 bits per heavy atom. The quantitative estimate of drug-likeness (QED) is 0.558. The molecule has 9 heteroatoms. The van der Waals surface area contributed by atoms with E-state index in [4.69, 9.17) is 11.6 Å². The molecule has 0 spiro atoms. The highest BCUT2D eigenvalue weighted by Crippen LogP contribution is 2.29. The molecule has 4 rings (SSSR count). The van der Waals surface area contributed by atoms with Crippen molar-refractivity contribution in [1.29, 1.82) is 0 Å². The number of halogens is 2. The number of aromatic amines is 1. The molecule has 136 valence electrons. The molecule has 3 atom stereocenters. The molecule has 1 aliphatic rings. The Kier molecular flexibility index (Phi) is 4.47. The molecule has 0 aliphatic heterocycles. The maximum absolute atomic E-state index is 14.2. The zero-order chi connectivity index (χ0) is 18.3. The Hall–Kier alpha value is -2.29. The fourth-order valence-electron chi connectivity index (χ4n) is 3.25. The smallest absolute Gasteiger partial charge is 0.183 e. The molecule has 3 aromatic heterocycles. The minimum Gasteiger partial charge on any atom is -0.390 e. The third-order valence-corrected chi connectivity index (χ3v) is 4.83. The number of anilines is 1. The van der Waals surface area contributed by atoms with E-state index in [9.17, 15) is 14.6 Å². The molecule has 26 heavy (non-hydrogen) atoms. The fraction of sp³-hybridized carbons (Fsp3) is 0.353. The molecule has 0 bridgehead atoms. The summed E-state index contributed by atoms with van der Waals surface area (Å²) in [5.74, 6) is -0.343. The van der Waals surface area contributed by atoms with Gasteiger partial charge in [0.2, 0.25) is 0 Å². The number of nitrogens with zero attached hydrogens (tertiary/aromatic N) is 3. The van der Waals surface area contributed by atoms with Crippen LogP contribution in [-0.4, -0.2) is 48.4 Å². The number of rotatable bonds is 3. The van der Waals surface area contributed by atoms with Gasteiger partial charge in [-0.25, -0.2) is 19.3 Å². The molecular formula is C17H17ClFN5O2. The molecule has 0 aromatic carbocycles. The molecule has 0 amide bonds. The van der Waals surface area contributed by atoms with Crippen molar-refractivity contribution in [2.45, 2.75) is 37.5 Å². The molecule has 0 radical (unpaired) electrons. The molecule has 7 nitrogen and oxygen atoms in total. The third-order valence-electron chi connectivity index (χ3n) is 4.63. The van der Waals surface area contributed by atoms with Crippen LogP contribution in [0.1, 0.15) is 19.3 Å². The van der Waals surface area contributed by atoms with E-state index in [1.165, 1.54) is 6.20 Å². The number of hydrogen-bond acceptors (Lipinski definition) is 6. The number of aliphatic hydroxyl groups excluding tert-OH is 2. The third kappa shape index (κ3) is 3.11. The lowest BCUT2D eigenvalue weighted by molar-refractivity contribution is -0.0162. The van der Waals surface area contributed by atoms with Crippen molar-refractivity contribution in [1.82, 2.24) is 19.9 Å². The van der Waals surface area contributed by atoms with Crippen LogP contribution in [0.25, 0.3) is 22.4 Å². The molecule has 3 aromatic rings. The summed E-state index contributed by atoms with van der Waals surface area (Å²) in [4.78, 5) is 15.5. The second kappa shape index (κ2) is 6.79. The van der Waals surface area contributed by atoms with E-state index >= 15 is 0 Å². The van der Waals surface area contributed by atoms with Gasteiger partial charge in [-0.2, -0.15) is 0 Å². The first-order chi connectivity index (χ1) is 12.5. The number of hydrogen-bond donors (Lipinski definition) is 4. The fourth-order valence-corrected chi connectivity index (χ4v) is 3.41. The summed E-state index contributed by atoms with van der Waals surface area (Å²) in [6, 6.07) is 1.26.